The smallest absolute Gasteiger partial charge is 0.0269 e. The molecule has 82 valence electrons. The van der Waals surface area contributed by atoms with Crippen molar-refractivity contribution in [2.45, 2.75) is 65.7 Å². The van der Waals surface area contributed by atoms with E-state index in [0.29, 0.717) is 0 Å². The van der Waals surface area contributed by atoms with Crippen LogP contribution in [0.1, 0.15) is 65.7 Å². The zero-order valence-electron chi connectivity index (χ0n) is 10.2. The Hall–Kier alpha value is 0. The summed E-state index contributed by atoms with van der Waals surface area (Å²) in [5.74, 6) is 2.96. The number of hydrogen-bond donors (Lipinski definition) is 0. The average molecular weight is 194 g/mol. The van der Waals surface area contributed by atoms with Crippen LogP contribution in [0.3, 0.4) is 0 Å². The fourth-order valence-electron chi connectivity index (χ4n) is 3.94. The van der Waals surface area contributed by atoms with Gasteiger partial charge in [0.05, 0.1) is 0 Å². The van der Waals surface area contributed by atoms with Gasteiger partial charge in [0.2, 0.25) is 0 Å². The molecule has 0 heterocycles. The zero-order chi connectivity index (χ0) is 10.2. The van der Waals surface area contributed by atoms with Crippen LogP contribution in [0, 0.1) is 23.2 Å². The van der Waals surface area contributed by atoms with Crippen LogP contribution in [0.4, 0.5) is 0 Å². The van der Waals surface area contributed by atoms with Crippen LogP contribution in [-0.2, 0) is 0 Å². The third-order valence-corrected chi connectivity index (χ3v) is 5.23. The van der Waals surface area contributed by atoms with Crippen molar-refractivity contribution in [3.8, 4) is 0 Å². The summed E-state index contributed by atoms with van der Waals surface area (Å²) in [5, 5.41) is 0. The summed E-state index contributed by atoms with van der Waals surface area (Å²) in [5.41, 5.74) is 0.785. The second kappa shape index (κ2) is 3.87. The number of rotatable bonds is 1. The molecule has 2 aliphatic rings. The van der Waals surface area contributed by atoms with Gasteiger partial charge in [-0.2, -0.15) is 0 Å². The SMILES string of the molecule is CC(C)[C@@H]1CC[C@@H](C)C2(CCCC2)C1. The van der Waals surface area contributed by atoms with Gasteiger partial charge in [-0.25, -0.2) is 0 Å². The molecule has 0 N–H and O–H groups in total. The van der Waals surface area contributed by atoms with E-state index in [1.807, 2.05) is 0 Å². The highest BCUT2D eigenvalue weighted by molar-refractivity contribution is 4.94. The highest BCUT2D eigenvalue weighted by Gasteiger charge is 2.43. The van der Waals surface area contributed by atoms with Gasteiger partial charge in [-0.15, -0.1) is 0 Å². The Labute approximate surface area is 89.5 Å². The maximum Gasteiger partial charge on any atom is -0.0269 e. The highest BCUT2D eigenvalue weighted by Crippen LogP contribution is 2.54. The molecule has 0 nitrogen and oxygen atoms in total. The molecule has 0 aromatic rings. The van der Waals surface area contributed by atoms with Gasteiger partial charge in [0, 0.05) is 0 Å². The molecule has 2 saturated carbocycles. The molecule has 14 heavy (non-hydrogen) atoms. The molecule has 1 spiro atoms. The fraction of sp³-hybridized carbons (Fsp3) is 1.00. The van der Waals surface area contributed by atoms with Crippen molar-refractivity contribution in [3.05, 3.63) is 0 Å². The van der Waals surface area contributed by atoms with E-state index in [0.717, 1.165) is 23.2 Å². The van der Waals surface area contributed by atoms with Crippen LogP contribution in [0.5, 0.6) is 0 Å². The first-order valence-corrected chi connectivity index (χ1v) is 6.64. The minimum absolute atomic E-state index is 0.785. The lowest BCUT2D eigenvalue weighted by molar-refractivity contribution is 0.0570. The molecule has 0 aliphatic heterocycles. The second-order valence-electron chi connectivity index (χ2n) is 6.26. The van der Waals surface area contributed by atoms with Crippen molar-refractivity contribution in [1.29, 1.82) is 0 Å². The predicted molar refractivity (Wildman–Crippen MR) is 62.2 cm³/mol. The van der Waals surface area contributed by atoms with Crippen LogP contribution in [-0.4, -0.2) is 0 Å². The van der Waals surface area contributed by atoms with Crippen LogP contribution < -0.4 is 0 Å². The van der Waals surface area contributed by atoms with Crippen molar-refractivity contribution >= 4 is 0 Å². The maximum absolute atomic E-state index is 2.52. The van der Waals surface area contributed by atoms with Crippen molar-refractivity contribution in [2.24, 2.45) is 23.2 Å². The van der Waals surface area contributed by atoms with Crippen molar-refractivity contribution in [3.63, 3.8) is 0 Å². The minimum Gasteiger partial charge on any atom is -0.0625 e. The van der Waals surface area contributed by atoms with E-state index < -0.39 is 0 Å². The largest absolute Gasteiger partial charge is 0.0625 e. The van der Waals surface area contributed by atoms with Crippen molar-refractivity contribution < 1.29 is 0 Å². The monoisotopic (exact) mass is 194 g/mol. The standard InChI is InChI=1S/C14H26/c1-11(2)13-7-6-12(3)14(10-13)8-4-5-9-14/h11-13H,4-10H2,1-3H3/t12-,13-/m1/s1. The van der Waals surface area contributed by atoms with E-state index in [-0.39, 0.29) is 0 Å². The Bertz CT molecular complexity index is 186. The van der Waals surface area contributed by atoms with Gasteiger partial charge >= 0.3 is 0 Å². The Kier molecular flexibility index (Phi) is 2.91. The molecule has 0 bridgehead atoms. The Morgan fingerprint density at radius 1 is 1.07 bits per heavy atom. The van der Waals surface area contributed by atoms with Gasteiger partial charge < -0.3 is 0 Å². The van der Waals surface area contributed by atoms with Gasteiger partial charge in [-0.1, -0.05) is 33.6 Å². The molecule has 0 aromatic heterocycles. The van der Waals surface area contributed by atoms with Crippen LogP contribution in [0.25, 0.3) is 0 Å². The quantitative estimate of drug-likeness (QED) is 0.570. The van der Waals surface area contributed by atoms with E-state index >= 15 is 0 Å². The molecule has 2 fully saturated rings. The van der Waals surface area contributed by atoms with E-state index in [1.165, 1.54) is 38.5 Å². The van der Waals surface area contributed by atoms with Crippen molar-refractivity contribution in [2.75, 3.05) is 0 Å². The highest BCUT2D eigenvalue weighted by atomic mass is 14.5. The van der Waals surface area contributed by atoms with Crippen LogP contribution >= 0.6 is 0 Å². The molecule has 2 rings (SSSR count). The molecular weight excluding hydrogens is 168 g/mol. The Morgan fingerprint density at radius 2 is 1.71 bits per heavy atom. The van der Waals surface area contributed by atoms with Gasteiger partial charge in [0.15, 0.2) is 0 Å². The third kappa shape index (κ3) is 1.73. The molecule has 0 unspecified atom stereocenters. The molecule has 0 saturated heterocycles. The normalized spacial score (nSPS) is 36.9. The Balaban J connectivity index is 2.06. The van der Waals surface area contributed by atoms with Gasteiger partial charge in [-0.05, 0) is 55.3 Å². The summed E-state index contributed by atoms with van der Waals surface area (Å²) in [4.78, 5) is 0. The van der Waals surface area contributed by atoms with Crippen molar-refractivity contribution in [1.82, 2.24) is 0 Å². The summed E-state index contributed by atoms with van der Waals surface area (Å²) in [6.45, 7) is 7.36. The average Bonchev–Trinajstić information content (AvgIpc) is 2.59. The summed E-state index contributed by atoms with van der Waals surface area (Å²) < 4.78 is 0. The summed E-state index contributed by atoms with van der Waals surface area (Å²) in [7, 11) is 0. The summed E-state index contributed by atoms with van der Waals surface area (Å²) in [6.07, 6.45) is 10.6. The summed E-state index contributed by atoms with van der Waals surface area (Å²) in [6, 6.07) is 0. The maximum atomic E-state index is 2.52. The van der Waals surface area contributed by atoms with E-state index in [2.05, 4.69) is 20.8 Å². The molecule has 0 heteroatoms. The van der Waals surface area contributed by atoms with Gasteiger partial charge in [-0.3, -0.25) is 0 Å². The Morgan fingerprint density at radius 3 is 2.29 bits per heavy atom. The molecular formula is C14H26. The topological polar surface area (TPSA) is 0 Å². The third-order valence-electron chi connectivity index (χ3n) is 5.23. The molecule has 0 radical (unpaired) electrons. The molecule has 2 aliphatic carbocycles. The molecule has 2 atom stereocenters. The molecule has 0 amide bonds. The first kappa shape index (κ1) is 10.5. The van der Waals surface area contributed by atoms with E-state index in [1.54, 1.807) is 6.42 Å². The molecule has 0 aromatic carbocycles. The zero-order valence-corrected chi connectivity index (χ0v) is 10.2. The van der Waals surface area contributed by atoms with E-state index in [9.17, 15) is 0 Å². The van der Waals surface area contributed by atoms with Gasteiger partial charge in [0.25, 0.3) is 0 Å². The first-order valence-electron chi connectivity index (χ1n) is 6.64. The lowest BCUT2D eigenvalue weighted by Gasteiger charge is -2.45. The van der Waals surface area contributed by atoms with Crippen LogP contribution in [0.2, 0.25) is 0 Å². The lowest BCUT2D eigenvalue weighted by atomic mass is 9.61. The van der Waals surface area contributed by atoms with Crippen LogP contribution in [0.15, 0.2) is 0 Å². The van der Waals surface area contributed by atoms with Gasteiger partial charge in [0.1, 0.15) is 0 Å². The summed E-state index contributed by atoms with van der Waals surface area (Å²) >= 11 is 0. The van der Waals surface area contributed by atoms with E-state index in [4.69, 9.17) is 0 Å². The fourth-order valence-corrected chi connectivity index (χ4v) is 3.94. The lowest BCUT2D eigenvalue weighted by Crippen LogP contribution is -2.35. The second-order valence-corrected chi connectivity index (χ2v) is 6.26. The first-order chi connectivity index (χ1) is 6.64. The minimum atomic E-state index is 0.785. The predicted octanol–water partition coefficient (Wildman–Crippen LogP) is 4.64. The number of hydrogen-bond acceptors (Lipinski definition) is 0.